The maximum absolute atomic E-state index is 12.4. The Kier molecular flexibility index (Phi) is 6.03. The molecule has 3 heterocycles. The number of halogens is 1. The van der Waals surface area contributed by atoms with Crippen LogP contribution in [-0.4, -0.2) is 46.1 Å². The van der Waals surface area contributed by atoms with E-state index >= 15 is 0 Å². The van der Waals surface area contributed by atoms with Crippen molar-refractivity contribution in [2.24, 2.45) is 0 Å². The molecule has 2 aliphatic heterocycles. The maximum atomic E-state index is 12.4. The minimum absolute atomic E-state index is 0. The number of aromatic nitrogens is 2. The molecule has 2 saturated heterocycles. The fraction of sp³-hybridized carbons (Fsp3) is 0.812. The molecular formula is C16H27ClN4O2. The maximum Gasteiger partial charge on any atom is 0.227 e. The Morgan fingerprint density at radius 1 is 1.35 bits per heavy atom. The third kappa shape index (κ3) is 4.23. The lowest BCUT2D eigenvalue weighted by molar-refractivity contribution is -0.132. The number of carbonyl (C=O) groups is 1. The Hall–Kier alpha value is -1.14. The Morgan fingerprint density at radius 3 is 2.57 bits per heavy atom. The lowest BCUT2D eigenvalue weighted by Gasteiger charge is -2.35. The number of hydrogen-bond donors (Lipinski definition) is 1. The summed E-state index contributed by atoms with van der Waals surface area (Å²) in [5.74, 6) is 1.71. The topological polar surface area (TPSA) is 71.3 Å². The zero-order valence-corrected chi connectivity index (χ0v) is 14.9. The summed E-state index contributed by atoms with van der Waals surface area (Å²) in [5.41, 5.74) is 0. The summed E-state index contributed by atoms with van der Waals surface area (Å²) in [5, 5.41) is 7.55. The van der Waals surface area contributed by atoms with Gasteiger partial charge in [0.15, 0.2) is 5.82 Å². The van der Waals surface area contributed by atoms with Crippen molar-refractivity contribution in [2.45, 2.75) is 76.4 Å². The molecule has 2 bridgehead atoms. The van der Waals surface area contributed by atoms with Gasteiger partial charge in [0.2, 0.25) is 11.8 Å². The number of aryl methyl sites for hydroxylation is 1. The smallest absolute Gasteiger partial charge is 0.227 e. The van der Waals surface area contributed by atoms with Crippen LogP contribution in [0.25, 0.3) is 0 Å². The lowest BCUT2D eigenvalue weighted by atomic mass is 9.98. The fourth-order valence-corrected chi connectivity index (χ4v) is 3.54. The highest BCUT2D eigenvalue weighted by Gasteiger charge is 2.36. The predicted octanol–water partition coefficient (Wildman–Crippen LogP) is 2.29. The van der Waals surface area contributed by atoms with Gasteiger partial charge in [-0.1, -0.05) is 19.0 Å². The third-order valence-electron chi connectivity index (χ3n) is 4.94. The number of piperidine rings is 1. The molecule has 0 spiro atoms. The summed E-state index contributed by atoms with van der Waals surface area (Å²) in [6.45, 7) is 4.05. The van der Waals surface area contributed by atoms with E-state index in [1.54, 1.807) is 0 Å². The first kappa shape index (κ1) is 18.2. The van der Waals surface area contributed by atoms with E-state index in [0.717, 1.165) is 12.8 Å². The molecule has 0 aromatic carbocycles. The number of fused-ring (bicyclic) bond motifs is 2. The lowest BCUT2D eigenvalue weighted by Crippen LogP contribution is -2.48. The molecule has 6 nitrogen and oxygen atoms in total. The molecular weight excluding hydrogens is 316 g/mol. The van der Waals surface area contributed by atoms with Gasteiger partial charge in [-0.15, -0.1) is 12.4 Å². The largest absolute Gasteiger partial charge is 0.343 e. The zero-order valence-electron chi connectivity index (χ0n) is 14.1. The van der Waals surface area contributed by atoms with Crippen molar-refractivity contribution in [1.29, 1.82) is 0 Å². The SMILES string of the molecule is CC(C)c1noc(CCC(=O)N(C)C2CC3CCC(C2)N3)n1.Cl. The van der Waals surface area contributed by atoms with Gasteiger partial charge in [-0.3, -0.25) is 4.79 Å². The van der Waals surface area contributed by atoms with Gasteiger partial charge in [-0.2, -0.15) is 4.98 Å². The van der Waals surface area contributed by atoms with E-state index in [1.807, 2.05) is 25.8 Å². The van der Waals surface area contributed by atoms with Gasteiger partial charge in [0.1, 0.15) is 0 Å². The molecule has 1 aromatic rings. The molecule has 2 aliphatic rings. The standard InChI is InChI=1S/C16H26N4O2.ClH/c1-10(2)16-18-14(22-19-16)6-7-15(21)20(3)13-8-11-4-5-12(9-13)17-11;/h10-13,17H,4-9H2,1-3H3;1H. The van der Waals surface area contributed by atoms with E-state index in [0.29, 0.717) is 42.7 Å². The van der Waals surface area contributed by atoms with Gasteiger partial charge in [0, 0.05) is 43.9 Å². The minimum atomic E-state index is 0. The molecule has 2 unspecified atom stereocenters. The first-order valence-electron chi connectivity index (χ1n) is 8.37. The van der Waals surface area contributed by atoms with Crippen LogP contribution in [-0.2, 0) is 11.2 Å². The van der Waals surface area contributed by atoms with E-state index in [1.165, 1.54) is 12.8 Å². The third-order valence-corrected chi connectivity index (χ3v) is 4.94. The van der Waals surface area contributed by atoms with Crippen molar-refractivity contribution >= 4 is 18.3 Å². The van der Waals surface area contributed by atoms with Gasteiger partial charge < -0.3 is 14.7 Å². The number of rotatable bonds is 5. The van der Waals surface area contributed by atoms with Crippen LogP contribution < -0.4 is 5.32 Å². The monoisotopic (exact) mass is 342 g/mol. The predicted molar refractivity (Wildman–Crippen MR) is 89.7 cm³/mol. The van der Waals surface area contributed by atoms with Crippen molar-refractivity contribution in [3.05, 3.63) is 11.7 Å². The van der Waals surface area contributed by atoms with E-state index in [-0.39, 0.29) is 24.2 Å². The fourth-order valence-electron chi connectivity index (χ4n) is 3.54. The molecule has 0 aliphatic carbocycles. The molecule has 1 aromatic heterocycles. The summed E-state index contributed by atoms with van der Waals surface area (Å²) in [6, 6.07) is 1.58. The summed E-state index contributed by atoms with van der Waals surface area (Å²) < 4.78 is 5.20. The summed E-state index contributed by atoms with van der Waals surface area (Å²) >= 11 is 0. The van der Waals surface area contributed by atoms with Crippen molar-refractivity contribution in [1.82, 2.24) is 20.4 Å². The molecule has 1 N–H and O–H groups in total. The van der Waals surface area contributed by atoms with E-state index in [4.69, 9.17) is 4.52 Å². The second-order valence-electron chi connectivity index (χ2n) is 6.97. The molecule has 2 fully saturated rings. The number of nitrogens with zero attached hydrogens (tertiary/aromatic N) is 3. The van der Waals surface area contributed by atoms with Crippen LogP contribution in [0.5, 0.6) is 0 Å². The highest BCUT2D eigenvalue weighted by atomic mass is 35.5. The Balaban J connectivity index is 0.00000192. The van der Waals surface area contributed by atoms with Gasteiger partial charge in [0.25, 0.3) is 0 Å². The first-order chi connectivity index (χ1) is 10.5. The average Bonchev–Trinajstić information content (AvgIpc) is 3.10. The van der Waals surface area contributed by atoms with Gasteiger partial charge in [0.05, 0.1) is 0 Å². The number of amides is 1. The first-order valence-corrected chi connectivity index (χ1v) is 8.37. The second kappa shape index (κ2) is 7.62. The van der Waals surface area contributed by atoms with Gasteiger partial charge in [-0.25, -0.2) is 0 Å². The summed E-state index contributed by atoms with van der Waals surface area (Å²) in [6.07, 6.45) is 5.64. The summed E-state index contributed by atoms with van der Waals surface area (Å²) in [4.78, 5) is 18.7. The normalized spacial score (nSPS) is 26.2. The number of carbonyl (C=O) groups excluding carboxylic acids is 1. The Labute approximate surface area is 143 Å². The van der Waals surface area contributed by atoms with Crippen LogP contribution in [0.4, 0.5) is 0 Å². The Morgan fingerprint density at radius 2 is 2.00 bits per heavy atom. The Bertz CT molecular complexity index is 522. The molecule has 7 heteroatoms. The second-order valence-corrected chi connectivity index (χ2v) is 6.97. The van der Waals surface area contributed by atoms with Crippen LogP contribution in [0.15, 0.2) is 4.52 Å². The van der Waals surface area contributed by atoms with Crippen molar-refractivity contribution < 1.29 is 9.32 Å². The molecule has 3 rings (SSSR count). The van der Waals surface area contributed by atoms with E-state index in [9.17, 15) is 4.79 Å². The highest BCUT2D eigenvalue weighted by Crippen LogP contribution is 2.29. The van der Waals surface area contributed by atoms with Crippen LogP contribution in [0.1, 0.15) is 63.6 Å². The molecule has 23 heavy (non-hydrogen) atoms. The molecule has 2 atom stereocenters. The highest BCUT2D eigenvalue weighted by molar-refractivity contribution is 5.85. The molecule has 1 amide bonds. The molecule has 130 valence electrons. The van der Waals surface area contributed by atoms with Gasteiger partial charge in [-0.05, 0) is 25.7 Å². The number of nitrogens with one attached hydrogen (secondary N) is 1. The van der Waals surface area contributed by atoms with Gasteiger partial charge >= 0.3 is 0 Å². The van der Waals surface area contributed by atoms with Crippen LogP contribution in [0.2, 0.25) is 0 Å². The van der Waals surface area contributed by atoms with Crippen molar-refractivity contribution in [3.63, 3.8) is 0 Å². The summed E-state index contributed by atoms with van der Waals surface area (Å²) in [7, 11) is 1.94. The van der Waals surface area contributed by atoms with Crippen molar-refractivity contribution in [3.8, 4) is 0 Å². The minimum Gasteiger partial charge on any atom is -0.343 e. The number of hydrogen-bond acceptors (Lipinski definition) is 5. The van der Waals surface area contributed by atoms with Crippen LogP contribution in [0.3, 0.4) is 0 Å². The average molecular weight is 343 g/mol. The van der Waals surface area contributed by atoms with Crippen LogP contribution >= 0.6 is 12.4 Å². The van der Waals surface area contributed by atoms with Crippen molar-refractivity contribution in [2.75, 3.05) is 7.05 Å². The molecule has 0 radical (unpaired) electrons. The van der Waals surface area contributed by atoms with E-state index in [2.05, 4.69) is 15.5 Å². The quantitative estimate of drug-likeness (QED) is 0.889. The van der Waals surface area contributed by atoms with E-state index < -0.39 is 0 Å². The van der Waals surface area contributed by atoms with Crippen LogP contribution in [0, 0.1) is 0 Å². The molecule has 0 saturated carbocycles. The zero-order chi connectivity index (χ0) is 15.7.